The summed E-state index contributed by atoms with van der Waals surface area (Å²) in [5.74, 6) is 0.891. The summed E-state index contributed by atoms with van der Waals surface area (Å²) in [5.41, 5.74) is 4.85. The quantitative estimate of drug-likeness (QED) is 0.155. The van der Waals surface area contributed by atoms with Crippen LogP contribution in [0.1, 0.15) is 69.9 Å². The second-order valence-corrected chi connectivity index (χ2v) is 11.1. The van der Waals surface area contributed by atoms with Gasteiger partial charge in [-0.05, 0) is 83.0 Å². The molecule has 2 aromatic carbocycles. The van der Waals surface area contributed by atoms with Crippen LogP contribution < -0.4 is 20.5 Å². The number of amides is 2. The maximum Gasteiger partial charge on any atom is 0.326 e. The zero-order valence-corrected chi connectivity index (χ0v) is 25.2. The fourth-order valence-corrected chi connectivity index (χ4v) is 4.98. The van der Waals surface area contributed by atoms with Gasteiger partial charge in [0.05, 0.1) is 12.7 Å². The molecule has 224 valence electrons. The summed E-state index contributed by atoms with van der Waals surface area (Å²) < 4.78 is 5.81. The van der Waals surface area contributed by atoms with E-state index in [4.69, 9.17) is 15.1 Å². The van der Waals surface area contributed by atoms with E-state index in [-0.39, 0.29) is 37.1 Å². The van der Waals surface area contributed by atoms with Gasteiger partial charge < -0.3 is 20.1 Å². The van der Waals surface area contributed by atoms with Gasteiger partial charge >= 0.3 is 6.03 Å². The van der Waals surface area contributed by atoms with E-state index in [0.29, 0.717) is 30.5 Å². The Kier molecular flexibility index (Phi) is 10.5. The number of nitrogens with one attached hydrogen (secondary N) is 2. The molecule has 0 aliphatic heterocycles. The number of aromatic nitrogens is 2. The van der Waals surface area contributed by atoms with Crippen LogP contribution in [0.4, 0.5) is 16.2 Å². The van der Waals surface area contributed by atoms with Gasteiger partial charge in [-0.15, -0.1) is 0 Å². The predicted molar refractivity (Wildman–Crippen MR) is 171 cm³/mol. The Morgan fingerprint density at radius 2 is 1.79 bits per heavy atom. The number of aliphatic hydroxyl groups excluding tert-OH is 1. The highest BCUT2D eigenvalue weighted by Crippen LogP contribution is 2.38. The van der Waals surface area contributed by atoms with Gasteiger partial charge in [-0.25, -0.2) is 9.78 Å². The minimum absolute atomic E-state index is 0.0740. The minimum atomic E-state index is -0.442. The maximum absolute atomic E-state index is 14.0. The molecule has 9 heteroatoms. The largest absolute Gasteiger partial charge is 0.493 e. The summed E-state index contributed by atoms with van der Waals surface area (Å²) in [6.45, 7) is 9.03. The van der Waals surface area contributed by atoms with Gasteiger partial charge in [0, 0.05) is 43.3 Å². The number of nitrogens with zero attached hydrogens (tertiary/aromatic N) is 3. The van der Waals surface area contributed by atoms with Crippen molar-refractivity contribution in [2.45, 2.75) is 58.8 Å². The minimum Gasteiger partial charge on any atom is -0.493 e. The molecule has 0 fully saturated rings. The van der Waals surface area contributed by atoms with Gasteiger partial charge in [0.25, 0.3) is 5.56 Å². The first-order chi connectivity index (χ1) is 20.7. The highest BCUT2D eigenvalue weighted by molar-refractivity contribution is 6.03. The molecule has 2 aromatic heterocycles. The van der Waals surface area contributed by atoms with Crippen molar-refractivity contribution in [3.05, 3.63) is 82.3 Å². The number of nitriles is 1. The standard InChI is InChI=1S/C34H39N5O4/c1-22(2)28-19-26(24-10-7-12-27(18-24)43-17-9-16-40)20-29(23(3)4)31(28)37-34(42)39(15-6-5-13-35)30-21-25-11-8-14-36-32(25)38-33(30)41/h7-8,10-12,14,18-23,40H,5-6,9,15-17H2,1-4H3,(H,37,42)(H,36,38,41). The van der Waals surface area contributed by atoms with Crippen molar-refractivity contribution >= 4 is 28.4 Å². The zero-order chi connectivity index (χ0) is 30.9. The zero-order valence-electron chi connectivity index (χ0n) is 25.2. The van der Waals surface area contributed by atoms with Crippen LogP contribution in [0, 0.1) is 11.3 Å². The highest BCUT2D eigenvalue weighted by Gasteiger charge is 2.24. The average molecular weight is 582 g/mol. The molecule has 9 nitrogen and oxygen atoms in total. The molecule has 3 N–H and O–H groups in total. The topological polar surface area (TPSA) is 131 Å². The number of rotatable bonds is 12. The number of urea groups is 1. The van der Waals surface area contributed by atoms with E-state index in [1.54, 1.807) is 18.3 Å². The van der Waals surface area contributed by atoms with Crippen LogP contribution in [0.5, 0.6) is 5.75 Å². The van der Waals surface area contributed by atoms with Crippen molar-refractivity contribution in [2.75, 3.05) is 30.0 Å². The van der Waals surface area contributed by atoms with E-state index < -0.39 is 11.6 Å². The summed E-state index contributed by atoms with van der Waals surface area (Å²) in [5, 5.41) is 22.1. The summed E-state index contributed by atoms with van der Waals surface area (Å²) in [4.78, 5) is 35.5. The van der Waals surface area contributed by atoms with Crippen LogP contribution in [0.3, 0.4) is 0 Å². The third kappa shape index (κ3) is 7.59. The van der Waals surface area contributed by atoms with Crippen LogP contribution >= 0.6 is 0 Å². The molecule has 0 aliphatic carbocycles. The number of carbonyl (C=O) groups excluding carboxylic acids is 1. The molecule has 0 spiro atoms. The van der Waals surface area contributed by atoms with E-state index >= 15 is 0 Å². The number of aliphatic hydroxyl groups is 1. The lowest BCUT2D eigenvalue weighted by Gasteiger charge is -2.26. The number of ether oxygens (including phenoxy) is 1. The van der Waals surface area contributed by atoms with Crippen molar-refractivity contribution in [2.24, 2.45) is 0 Å². The molecule has 2 heterocycles. The summed E-state index contributed by atoms with van der Waals surface area (Å²) >= 11 is 0. The van der Waals surface area contributed by atoms with E-state index in [1.807, 2.05) is 30.3 Å². The average Bonchev–Trinajstić information content (AvgIpc) is 2.99. The predicted octanol–water partition coefficient (Wildman–Crippen LogP) is 6.94. The van der Waals surface area contributed by atoms with Gasteiger partial charge in [0.1, 0.15) is 17.1 Å². The first kappa shape index (κ1) is 31.3. The van der Waals surface area contributed by atoms with Crippen LogP contribution in [0.25, 0.3) is 22.2 Å². The first-order valence-electron chi connectivity index (χ1n) is 14.7. The van der Waals surface area contributed by atoms with E-state index in [1.165, 1.54) is 4.90 Å². The molecule has 0 unspecified atom stereocenters. The van der Waals surface area contributed by atoms with Crippen molar-refractivity contribution in [3.8, 4) is 22.9 Å². The van der Waals surface area contributed by atoms with Crippen LogP contribution in [0.2, 0.25) is 0 Å². The number of aromatic amines is 1. The maximum atomic E-state index is 14.0. The Morgan fingerprint density at radius 1 is 1.05 bits per heavy atom. The third-order valence-corrected chi connectivity index (χ3v) is 7.22. The Labute approximate surface area is 252 Å². The lowest BCUT2D eigenvalue weighted by atomic mass is 9.88. The van der Waals surface area contributed by atoms with Gasteiger partial charge in [0.15, 0.2) is 0 Å². The second-order valence-electron chi connectivity index (χ2n) is 11.1. The molecule has 4 rings (SSSR count). The number of pyridine rings is 2. The van der Waals surface area contributed by atoms with Gasteiger partial charge in [-0.2, -0.15) is 5.26 Å². The molecule has 0 bridgehead atoms. The number of unbranched alkanes of at least 4 members (excludes halogenated alkanes) is 1. The first-order valence-corrected chi connectivity index (χ1v) is 14.7. The van der Waals surface area contributed by atoms with Gasteiger partial charge in [-0.1, -0.05) is 39.8 Å². The molecule has 4 aromatic rings. The van der Waals surface area contributed by atoms with E-state index in [2.05, 4.69) is 61.2 Å². The van der Waals surface area contributed by atoms with Crippen molar-refractivity contribution < 1.29 is 14.6 Å². The number of benzene rings is 2. The normalized spacial score (nSPS) is 11.1. The fourth-order valence-electron chi connectivity index (χ4n) is 4.98. The molecular formula is C34H39N5O4. The van der Waals surface area contributed by atoms with Gasteiger partial charge in [0.2, 0.25) is 0 Å². The number of anilines is 2. The molecule has 2 amide bonds. The highest BCUT2D eigenvalue weighted by atomic mass is 16.5. The molecule has 0 radical (unpaired) electrons. The molecular weight excluding hydrogens is 542 g/mol. The lowest BCUT2D eigenvalue weighted by molar-refractivity contribution is 0.233. The molecule has 0 saturated carbocycles. The molecule has 0 atom stereocenters. The smallest absolute Gasteiger partial charge is 0.326 e. The fraction of sp³-hybridized carbons (Fsp3) is 0.353. The van der Waals surface area contributed by atoms with Crippen molar-refractivity contribution in [1.82, 2.24) is 9.97 Å². The van der Waals surface area contributed by atoms with Crippen molar-refractivity contribution in [3.63, 3.8) is 0 Å². The Bertz CT molecular complexity index is 1640. The van der Waals surface area contributed by atoms with Crippen LogP contribution in [-0.4, -0.2) is 40.9 Å². The Balaban J connectivity index is 1.75. The Hall–Kier alpha value is -4.68. The number of H-pyrrole nitrogens is 1. The van der Waals surface area contributed by atoms with Crippen LogP contribution in [-0.2, 0) is 0 Å². The lowest BCUT2D eigenvalue weighted by Crippen LogP contribution is -2.39. The summed E-state index contributed by atoms with van der Waals surface area (Å²) in [6, 6.07) is 19.0. The van der Waals surface area contributed by atoms with E-state index in [0.717, 1.165) is 33.7 Å². The molecule has 0 aliphatic rings. The molecule has 43 heavy (non-hydrogen) atoms. The number of fused-ring (bicyclic) bond motifs is 1. The Morgan fingerprint density at radius 3 is 2.47 bits per heavy atom. The number of hydrogen-bond acceptors (Lipinski definition) is 6. The SMILES string of the molecule is CC(C)c1cc(-c2cccc(OCCCO)c2)cc(C(C)C)c1NC(=O)N(CCCC#N)c1cc2cccnc2[nH]c1=O. The van der Waals surface area contributed by atoms with Gasteiger partial charge in [-0.3, -0.25) is 9.69 Å². The van der Waals surface area contributed by atoms with Crippen molar-refractivity contribution in [1.29, 1.82) is 5.26 Å². The summed E-state index contributed by atoms with van der Waals surface area (Å²) in [6.07, 6.45) is 2.82. The number of hydrogen-bond donors (Lipinski definition) is 3. The number of carbonyl (C=O) groups is 1. The van der Waals surface area contributed by atoms with E-state index in [9.17, 15) is 9.59 Å². The molecule has 0 saturated heterocycles. The monoisotopic (exact) mass is 581 g/mol. The van der Waals surface area contributed by atoms with Crippen LogP contribution in [0.15, 0.2) is 65.6 Å². The second kappa shape index (κ2) is 14.5. The summed E-state index contributed by atoms with van der Waals surface area (Å²) in [7, 11) is 0. The third-order valence-electron chi connectivity index (χ3n) is 7.22.